The van der Waals surface area contributed by atoms with Gasteiger partial charge in [0.15, 0.2) is 5.75 Å². The molecule has 1 N–H and O–H groups in total. The van der Waals surface area contributed by atoms with Gasteiger partial charge in [-0.05, 0) is 13.3 Å². The van der Waals surface area contributed by atoms with Crippen molar-refractivity contribution in [2.24, 2.45) is 0 Å². The Morgan fingerprint density at radius 3 is 2.44 bits per heavy atom. The molecule has 1 unspecified atom stereocenters. The van der Waals surface area contributed by atoms with Crippen molar-refractivity contribution in [1.29, 1.82) is 0 Å². The minimum absolute atomic E-state index is 0.182. The van der Waals surface area contributed by atoms with Crippen LogP contribution in [0.3, 0.4) is 0 Å². The van der Waals surface area contributed by atoms with Gasteiger partial charge < -0.3 is 9.84 Å². The molecule has 0 aromatic heterocycles. The summed E-state index contributed by atoms with van der Waals surface area (Å²) >= 11 is 0. The summed E-state index contributed by atoms with van der Waals surface area (Å²) in [6.45, 7) is 4.03. The van der Waals surface area contributed by atoms with E-state index in [-0.39, 0.29) is 19.2 Å². The van der Waals surface area contributed by atoms with E-state index in [9.17, 15) is 13.2 Å². The SMILES string of the molecule is CCC(C)N(CCOC)S(=O)(=O)CC(=O)O. The minimum atomic E-state index is -3.75. The number of hydrogen-bond acceptors (Lipinski definition) is 4. The fourth-order valence-corrected chi connectivity index (χ4v) is 2.79. The highest BCUT2D eigenvalue weighted by molar-refractivity contribution is 7.89. The van der Waals surface area contributed by atoms with E-state index in [1.165, 1.54) is 11.4 Å². The van der Waals surface area contributed by atoms with Gasteiger partial charge in [0.2, 0.25) is 10.0 Å². The zero-order chi connectivity index (χ0) is 12.8. The molecule has 0 fully saturated rings. The van der Waals surface area contributed by atoms with E-state index in [4.69, 9.17) is 9.84 Å². The van der Waals surface area contributed by atoms with E-state index in [2.05, 4.69) is 0 Å². The molecule has 0 aliphatic carbocycles. The number of carboxylic acids is 1. The van der Waals surface area contributed by atoms with Gasteiger partial charge >= 0.3 is 5.97 Å². The van der Waals surface area contributed by atoms with Crippen LogP contribution < -0.4 is 0 Å². The molecule has 0 aliphatic rings. The van der Waals surface area contributed by atoms with E-state index in [1.54, 1.807) is 6.92 Å². The largest absolute Gasteiger partial charge is 0.480 e. The number of carboxylic acid groups (broad SMARTS) is 1. The van der Waals surface area contributed by atoms with Crippen molar-refractivity contribution >= 4 is 16.0 Å². The smallest absolute Gasteiger partial charge is 0.320 e. The van der Waals surface area contributed by atoms with Crippen molar-refractivity contribution in [3.05, 3.63) is 0 Å². The van der Waals surface area contributed by atoms with Gasteiger partial charge in [-0.25, -0.2) is 8.42 Å². The predicted octanol–water partition coefficient (Wildman–Crippen LogP) is 0.148. The molecule has 0 rings (SSSR count). The van der Waals surface area contributed by atoms with Crippen molar-refractivity contribution in [2.45, 2.75) is 26.3 Å². The molecule has 0 radical (unpaired) electrons. The molecule has 0 spiro atoms. The Morgan fingerprint density at radius 1 is 1.50 bits per heavy atom. The van der Waals surface area contributed by atoms with E-state index in [0.29, 0.717) is 6.42 Å². The fourth-order valence-electron chi connectivity index (χ4n) is 1.26. The average Bonchev–Trinajstić information content (AvgIpc) is 2.15. The van der Waals surface area contributed by atoms with E-state index in [1.807, 2.05) is 6.92 Å². The number of rotatable bonds is 8. The highest BCUT2D eigenvalue weighted by atomic mass is 32.2. The van der Waals surface area contributed by atoms with Crippen molar-refractivity contribution in [3.8, 4) is 0 Å². The zero-order valence-electron chi connectivity index (χ0n) is 9.84. The second kappa shape index (κ2) is 6.82. The monoisotopic (exact) mass is 253 g/mol. The normalized spacial score (nSPS) is 14.0. The Bertz CT molecular complexity index is 314. The standard InChI is InChI=1S/C9H19NO5S/c1-4-8(2)10(5-6-15-3)16(13,14)7-9(11)12/h8H,4-7H2,1-3H3,(H,11,12). The number of methoxy groups -OCH3 is 1. The molecule has 1 atom stereocenters. The second-order valence-electron chi connectivity index (χ2n) is 3.51. The topological polar surface area (TPSA) is 83.9 Å². The van der Waals surface area contributed by atoms with Crippen LogP contribution in [0.2, 0.25) is 0 Å². The van der Waals surface area contributed by atoms with Crippen molar-refractivity contribution in [2.75, 3.05) is 26.0 Å². The lowest BCUT2D eigenvalue weighted by Crippen LogP contribution is -2.43. The Balaban J connectivity index is 4.79. The van der Waals surface area contributed by atoms with Gasteiger partial charge in [-0.1, -0.05) is 6.92 Å². The number of sulfonamides is 1. The molecule has 0 aromatic rings. The predicted molar refractivity (Wildman–Crippen MR) is 59.8 cm³/mol. The lowest BCUT2D eigenvalue weighted by atomic mass is 10.3. The molecule has 0 aromatic carbocycles. The molecule has 0 heterocycles. The van der Waals surface area contributed by atoms with Gasteiger partial charge in [0.05, 0.1) is 6.61 Å². The first kappa shape index (κ1) is 15.3. The van der Waals surface area contributed by atoms with Crippen LogP contribution in [0.5, 0.6) is 0 Å². The summed E-state index contributed by atoms with van der Waals surface area (Å²) < 4.78 is 29.5. The number of ether oxygens (including phenoxy) is 1. The maximum atomic E-state index is 11.7. The van der Waals surface area contributed by atoms with Crippen molar-refractivity contribution in [3.63, 3.8) is 0 Å². The van der Waals surface area contributed by atoms with E-state index < -0.39 is 21.7 Å². The molecule has 16 heavy (non-hydrogen) atoms. The van der Waals surface area contributed by atoms with Crippen LogP contribution in [0.4, 0.5) is 0 Å². The van der Waals surface area contributed by atoms with Gasteiger partial charge in [-0.2, -0.15) is 4.31 Å². The highest BCUT2D eigenvalue weighted by Crippen LogP contribution is 2.10. The number of aliphatic carboxylic acids is 1. The van der Waals surface area contributed by atoms with Gasteiger partial charge in [0, 0.05) is 19.7 Å². The van der Waals surface area contributed by atoms with E-state index >= 15 is 0 Å². The van der Waals surface area contributed by atoms with Crippen molar-refractivity contribution < 1.29 is 23.1 Å². The average molecular weight is 253 g/mol. The van der Waals surface area contributed by atoms with Gasteiger partial charge in [-0.15, -0.1) is 0 Å². The molecule has 7 heteroatoms. The summed E-state index contributed by atoms with van der Waals surface area (Å²) in [5.74, 6) is -2.22. The second-order valence-corrected chi connectivity index (χ2v) is 5.43. The Kier molecular flexibility index (Phi) is 6.54. The summed E-state index contributed by atoms with van der Waals surface area (Å²) in [7, 11) is -2.28. The van der Waals surface area contributed by atoms with Crippen LogP contribution in [-0.2, 0) is 19.6 Å². The molecule has 0 saturated carbocycles. The summed E-state index contributed by atoms with van der Waals surface area (Å²) in [5.41, 5.74) is 0. The summed E-state index contributed by atoms with van der Waals surface area (Å²) in [4.78, 5) is 10.5. The van der Waals surface area contributed by atoms with Crippen LogP contribution in [0.25, 0.3) is 0 Å². The van der Waals surface area contributed by atoms with Gasteiger partial charge in [-0.3, -0.25) is 4.79 Å². The third-order valence-corrected chi connectivity index (χ3v) is 4.13. The third-order valence-electron chi connectivity index (χ3n) is 2.26. The molecule has 0 amide bonds. The lowest BCUT2D eigenvalue weighted by molar-refractivity contribution is -0.134. The highest BCUT2D eigenvalue weighted by Gasteiger charge is 2.28. The first-order valence-corrected chi connectivity index (χ1v) is 6.66. The zero-order valence-corrected chi connectivity index (χ0v) is 10.7. The van der Waals surface area contributed by atoms with Crippen LogP contribution in [-0.4, -0.2) is 55.9 Å². The lowest BCUT2D eigenvalue weighted by Gasteiger charge is -2.26. The Labute approximate surface area is 96.2 Å². The molecule has 0 aliphatic heterocycles. The Morgan fingerprint density at radius 2 is 2.06 bits per heavy atom. The molecule has 6 nitrogen and oxygen atoms in total. The van der Waals surface area contributed by atoms with Crippen LogP contribution in [0, 0.1) is 0 Å². The first-order valence-electron chi connectivity index (χ1n) is 5.05. The van der Waals surface area contributed by atoms with Crippen LogP contribution >= 0.6 is 0 Å². The summed E-state index contributed by atoms with van der Waals surface area (Å²) in [6, 6.07) is -0.223. The molecular weight excluding hydrogens is 234 g/mol. The summed E-state index contributed by atoms with van der Waals surface area (Å²) in [6.07, 6.45) is 0.628. The minimum Gasteiger partial charge on any atom is -0.480 e. The fraction of sp³-hybridized carbons (Fsp3) is 0.889. The maximum absolute atomic E-state index is 11.7. The Hall–Kier alpha value is -0.660. The van der Waals surface area contributed by atoms with Crippen LogP contribution in [0.1, 0.15) is 20.3 Å². The van der Waals surface area contributed by atoms with Gasteiger partial charge in [0.25, 0.3) is 0 Å². The molecular formula is C9H19NO5S. The van der Waals surface area contributed by atoms with Crippen molar-refractivity contribution in [1.82, 2.24) is 4.31 Å². The molecule has 0 bridgehead atoms. The molecule has 96 valence electrons. The first-order chi connectivity index (χ1) is 7.35. The van der Waals surface area contributed by atoms with E-state index in [0.717, 1.165) is 0 Å². The number of carbonyl (C=O) groups is 1. The van der Waals surface area contributed by atoms with Crippen LogP contribution in [0.15, 0.2) is 0 Å². The summed E-state index contributed by atoms with van der Waals surface area (Å²) in [5, 5.41) is 8.54. The molecule has 0 saturated heterocycles. The van der Waals surface area contributed by atoms with Gasteiger partial charge in [0.1, 0.15) is 0 Å². The number of nitrogens with zero attached hydrogens (tertiary/aromatic N) is 1. The third kappa shape index (κ3) is 4.91. The number of hydrogen-bond donors (Lipinski definition) is 1. The quantitative estimate of drug-likeness (QED) is 0.665. The maximum Gasteiger partial charge on any atom is 0.320 e.